The molecular weight excluding hydrogens is 362 g/mol. The Hall–Kier alpha value is -3.08. The first-order chi connectivity index (χ1) is 12.5. The second-order valence-electron chi connectivity index (χ2n) is 5.03. The number of carboxylic acid groups (broad SMARTS) is 1. The molecular formula is C18H14ClNO6. The number of nitrogens with zero attached hydrogens (tertiary/aromatic N) is 1. The van der Waals surface area contributed by atoms with Gasteiger partial charge in [-0.25, -0.2) is 4.79 Å². The number of hydrogen-bond donors (Lipinski definition) is 1. The number of nitriles is 1. The smallest absolute Gasteiger partial charge is 0.341 e. The van der Waals surface area contributed by atoms with E-state index in [1.165, 1.54) is 31.4 Å². The molecule has 134 valence electrons. The predicted molar refractivity (Wildman–Crippen MR) is 91.7 cm³/mol. The van der Waals surface area contributed by atoms with Crippen LogP contribution in [0.3, 0.4) is 0 Å². The summed E-state index contributed by atoms with van der Waals surface area (Å²) in [5.74, 6) is -1.50. The molecule has 0 spiro atoms. The Morgan fingerprint density at radius 2 is 1.96 bits per heavy atom. The second kappa shape index (κ2) is 8.85. The molecule has 0 saturated heterocycles. The molecule has 2 aromatic carbocycles. The number of carbonyl (C=O) groups is 2. The maximum Gasteiger partial charge on any atom is 0.341 e. The molecule has 2 rings (SSSR count). The van der Waals surface area contributed by atoms with Crippen LogP contribution in [-0.2, 0) is 9.53 Å². The first-order valence-corrected chi connectivity index (χ1v) is 7.68. The molecule has 1 N–H and O–H groups in total. The van der Waals surface area contributed by atoms with Crippen LogP contribution in [0.1, 0.15) is 21.5 Å². The molecule has 7 nitrogen and oxygen atoms in total. The summed E-state index contributed by atoms with van der Waals surface area (Å²) < 4.78 is 15.3. The lowest BCUT2D eigenvalue weighted by Gasteiger charge is -2.14. The van der Waals surface area contributed by atoms with E-state index in [0.717, 1.165) is 0 Å². The number of methoxy groups -OCH3 is 1. The molecule has 0 atom stereocenters. The van der Waals surface area contributed by atoms with Crippen molar-refractivity contribution < 1.29 is 28.9 Å². The van der Waals surface area contributed by atoms with E-state index in [1.807, 2.05) is 6.07 Å². The maximum absolute atomic E-state index is 12.8. The molecule has 0 heterocycles. The number of halogens is 1. The van der Waals surface area contributed by atoms with Gasteiger partial charge in [0.2, 0.25) is 0 Å². The molecule has 0 saturated carbocycles. The number of aliphatic carboxylic acids is 1. The molecule has 0 radical (unpaired) electrons. The summed E-state index contributed by atoms with van der Waals surface area (Å²) in [7, 11) is 1.43. The SMILES string of the molecule is COCOc1cc(OCC(=O)O)c(C(=O)c2cccc(C#N)c2)cc1Cl. The molecule has 26 heavy (non-hydrogen) atoms. The lowest BCUT2D eigenvalue weighted by molar-refractivity contribution is -0.139. The third kappa shape index (κ3) is 4.72. The predicted octanol–water partition coefficient (Wildman–Crippen LogP) is 2.89. The highest BCUT2D eigenvalue weighted by Crippen LogP contribution is 2.34. The van der Waals surface area contributed by atoms with Gasteiger partial charge in [-0.1, -0.05) is 23.7 Å². The van der Waals surface area contributed by atoms with Crippen molar-refractivity contribution >= 4 is 23.4 Å². The molecule has 2 aromatic rings. The molecule has 0 aromatic heterocycles. The number of hydrogen-bond acceptors (Lipinski definition) is 6. The fraction of sp³-hybridized carbons (Fsp3) is 0.167. The average Bonchev–Trinajstić information content (AvgIpc) is 2.65. The highest BCUT2D eigenvalue weighted by molar-refractivity contribution is 6.32. The third-order valence-electron chi connectivity index (χ3n) is 3.22. The fourth-order valence-corrected chi connectivity index (χ4v) is 2.31. The number of ketones is 1. The van der Waals surface area contributed by atoms with E-state index in [1.54, 1.807) is 12.1 Å². The van der Waals surface area contributed by atoms with E-state index in [9.17, 15) is 9.59 Å². The molecule has 0 bridgehead atoms. The zero-order valence-electron chi connectivity index (χ0n) is 13.7. The minimum Gasteiger partial charge on any atom is -0.481 e. The van der Waals surface area contributed by atoms with Gasteiger partial charge in [0.25, 0.3) is 0 Å². The van der Waals surface area contributed by atoms with Crippen molar-refractivity contribution in [3.05, 3.63) is 58.1 Å². The summed E-state index contributed by atoms with van der Waals surface area (Å²) in [5.41, 5.74) is 0.608. The van der Waals surface area contributed by atoms with Crippen molar-refractivity contribution in [3.63, 3.8) is 0 Å². The molecule has 8 heteroatoms. The van der Waals surface area contributed by atoms with Gasteiger partial charge in [-0.2, -0.15) is 5.26 Å². The number of rotatable bonds is 8. The van der Waals surface area contributed by atoms with Gasteiger partial charge in [0.15, 0.2) is 19.2 Å². The van der Waals surface area contributed by atoms with Crippen molar-refractivity contribution in [1.82, 2.24) is 0 Å². The lowest BCUT2D eigenvalue weighted by atomic mass is 10.0. The van der Waals surface area contributed by atoms with Gasteiger partial charge < -0.3 is 19.3 Å². The minimum absolute atomic E-state index is 0.00439. The zero-order chi connectivity index (χ0) is 19.1. The molecule has 0 aliphatic rings. The summed E-state index contributed by atoms with van der Waals surface area (Å²) >= 11 is 6.13. The van der Waals surface area contributed by atoms with Crippen LogP contribution in [0, 0.1) is 11.3 Å². The summed E-state index contributed by atoms with van der Waals surface area (Å²) in [6, 6.07) is 10.7. The molecule has 0 amide bonds. The van der Waals surface area contributed by atoms with Crippen molar-refractivity contribution in [2.24, 2.45) is 0 Å². The van der Waals surface area contributed by atoms with Crippen molar-refractivity contribution in [2.45, 2.75) is 0 Å². The Bertz CT molecular complexity index is 874. The number of ether oxygens (including phenoxy) is 3. The van der Waals surface area contributed by atoms with E-state index in [4.69, 9.17) is 36.2 Å². The maximum atomic E-state index is 12.8. The Morgan fingerprint density at radius 3 is 2.62 bits per heavy atom. The molecule has 0 unspecified atom stereocenters. The fourth-order valence-electron chi connectivity index (χ4n) is 2.09. The van der Waals surface area contributed by atoms with Gasteiger partial charge in [0.1, 0.15) is 11.5 Å². The molecule has 0 aliphatic carbocycles. The van der Waals surface area contributed by atoms with E-state index in [0.29, 0.717) is 5.56 Å². The summed E-state index contributed by atoms with van der Waals surface area (Å²) in [6.07, 6.45) is 0. The number of benzene rings is 2. The first kappa shape index (κ1) is 19.2. The Kier molecular flexibility index (Phi) is 6.55. The van der Waals surface area contributed by atoms with E-state index >= 15 is 0 Å². The first-order valence-electron chi connectivity index (χ1n) is 7.31. The van der Waals surface area contributed by atoms with E-state index in [2.05, 4.69) is 0 Å². The Balaban J connectivity index is 2.46. The van der Waals surface area contributed by atoms with Gasteiger partial charge in [0, 0.05) is 18.7 Å². The summed E-state index contributed by atoms with van der Waals surface area (Å²) in [6.45, 7) is -0.737. The second-order valence-corrected chi connectivity index (χ2v) is 5.44. The largest absolute Gasteiger partial charge is 0.481 e. The van der Waals surface area contributed by atoms with Crippen LogP contribution >= 0.6 is 11.6 Å². The average molecular weight is 376 g/mol. The highest BCUT2D eigenvalue weighted by Gasteiger charge is 2.20. The lowest BCUT2D eigenvalue weighted by Crippen LogP contribution is -2.13. The van der Waals surface area contributed by atoms with Gasteiger partial charge in [-0.3, -0.25) is 4.79 Å². The van der Waals surface area contributed by atoms with Gasteiger partial charge in [-0.15, -0.1) is 0 Å². The molecule has 0 aliphatic heterocycles. The van der Waals surface area contributed by atoms with Crippen molar-refractivity contribution in [3.8, 4) is 17.6 Å². The van der Waals surface area contributed by atoms with Crippen LogP contribution in [-0.4, -0.2) is 37.4 Å². The van der Waals surface area contributed by atoms with Crippen LogP contribution in [0.5, 0.6) is 11.5 Å². The van der Waals surface area contributed by atoms with Crippen LogP contribution in [0.2, 0.25) is 5.02 Å². The molecule has 0 fully saturated rings. The Morgan fingerprint density at radius 1 is 1.19 bits per heavy atom. The monoisotopic (exact) mass is 375 g/mol. The zero-order valence-corrected chi connectivity index (χ0v) is 14.4. The van der Waals surface area contributed by atoms with E-state index in [-0.39, 0.29) is 34.4 Å². The van der Waals surface area contributed by atoms with Crippen LogP contribution < -0.4 is 9.47 Å². The number of carbonyl (C=O) groups excluding carboxylic acids is 1. The van der Waals surface area contributed by atoms with E-state index < -0.39 is 18.4 Å². The summed E-state index contributed by atoms with van der Waals surface area (Å²) in [4.78, 5) is 23.6. The summed E-state index contributed by atoms with van der Waals surface area (Å²) in [5, 5.41) is 17.9. The van der Waals surface area contributed by atoms with Gasteiger partial charge >= 0.3 is 5.97 Å². The normalized spacial score (nSPS) is 10.0. The standard InChI is InChI=1S/C18H14ClNO6/c1-24-10-26-16-7-15(25-9-17(21)22)13(6-14(16)19)18(23)12-4-2-3-11(5-12)8-20/h2-7H,9-10H2,1H3,(H,21,22). The van der Waals surface area contributed by atoms with Crippen molar-refractivity contribution in [2.75, 3.05) is 20.5 Å². The van der Waals surface area contributed by atoms with Crippen LogP contribution in [0.4, 0.5) is 0 Å². The minimum atomic E-state index is -1.20. The van der Waals surface area contributed by atoms with Gasteiger partial charge in [-0.05, 0) is 18.2 Å². The number of carboxylic acids is 1. The Labute approximate surface area is 154 Å². The van der Waals surface area contributed by atoms with Crippen molar-refractivity contribution in [1.29, 1.82) is 5.26 Å². The third-order valence-corrected chi connectivity index (χ3v) is 3.51. The quantitative estimate of drug-likeness (QED) is 0.558. The topological polar surface area (TPSA) is 106 Å². The van der Waals surface area contributed by atoms with Gasteiger partial charge in [0.05, 0.1) is 22.2 Å². The highest BCUT2D eigenvalue weighted by atomic mass is 35.5. The van der Waals surface area contributed by atoms with Crippen LogP contribution in [0.15, 0.2) is 36.4 Å². The van der Waals surface area contributed by atoms with Crippen LogP contribution in [0.25, 0.3) is 0 Å².